The first kappa shape index (κ1) is 22.5. The first-order chi connectivity index (χ1) is 16.7. The summed E-state index contributed by atoms with van der Waals surface area (Å²) in [7, 11) is 1.65. The molecular formula is C28H31NO5. The number of hydrogen-bond donors (Lipinski definition) is 0. The highest BCUT2D eigenvalue weighted by molar-refractivity contribution is 5.85. The van der Waals surface area contributed by atoms with E-state index in [4.69, 9.17) is 18.9 Å². The Morgan fingerprint density at radius 3 is 2.71 bits per heavy atom. The van der Waals surface area contributed by atoms with Crippen LogP contribution in [-0.2, 0) is 16.1 Å². The van der Waals surface area contributed by atoms with Crippen molar-refractivity contribution in [3.63, 3.8) is 0 Å². The molecule has 1 heterocycles. The number of hydrogen-bond acceptors (Lipinski definition) is 5. The average molecular weight is 462 g/mol. The zero-order chi connectivity index (χ0) is 23.3. The molecule has 1 saturated carbocycles. The molecule has 5 rings (SSSR count). The molecule has 1 aliphatic heterocycles. The SMILES string of the molecule is COc1ccc(C2CN(C(=O)OCc3cccc4ccccc34)CCO2)cc1OC1CCCC1. The molecule has 3 aromatic carbocycles. The maximum Gasteiger partial charge on any atom is 0.410 e. The summed E-state index contributed by atoms with van der Waals surface area (Å²) < 4.78 is 23.5. The zero-order valence-electron chi connectivity index (χ0n) is 19.6. The van der Waals surface area contributed by atoms with E-state index in [1.807, 2.05) is 42.5 Å². The van der Waals surface area contributed by atoms with Crippen molar-refractivity contribution in [1.29, 1.82) is 0 Å². The van der Waals surface area contributed by atoms with Gasteiger partial charge in [0.25, 0.3) is 0 Å². The number of amides is 1. The van der Waals surface area contributed by atoms with Gasteiger partial charge in [0.1, 0.15) is 12.7 Å². The van der Waals surface area contributed by atoms with Crippen LogP contribution in [0.3, 0.4) is 0 Å². The number of carbonyl (C=O) groups excluding carboxylic acids is 1. The third-order valence-corrected chi connectivity index (χ3v) is 6.71. The van der Waals surface area contributed by atoms with Crippen molar-refractivity contribution in [3.8, 4) is 11.5 Å². The van der Waals surface area contributed by atoms with E-state index in [1.54, 1.807) is 12.0 Å². The molecule has 1 amide bonds. The van der Waals surface area contributed by atoms with Crippen LogP contribution < -0.4 is 9.47 Å². The third kappa shape index (κ3) is 4.97. The Labute approximate surface area is 200 Å². The van der Waals surface area contributed by atoms with Gasteiger partial charge < -0.3 is 23.8 Å². The maximum atomic E-state index is 12.9. The predicted octanol–water partition coefficient (Wildman–Crippen LogP) is 5.88. The van der Waals surface area contributed by atoms with Gasteiger partial charge in [-0.3, -0.25) is 0 Å². The van der Waals surface area contributed by atoms with Gasteiger partial charge in [-0.15, -0.1) is 0 Å². The van der Waals surface area contributed by atoms with E-state index in [0.717, 1.165) is 46.2 Å². The topological polar surface area (TPSA) is 57.2 Å². The van der Waals surface area contributed by atoms with E-state index in [1.165, 1.54) is 12.8 Å². The van der Waals surface area contributed by atoms with Crippen LogP contribution in [0.1, 0.15) is 42.9 Å². The van der Waals surface area contributed by atoms with Gasteiger partial charge >= 0.3 is 6.09 Å². The lowest BCUT2D eigenvalue weighted by Crippen LogP contribution is -2.42. The lowest BCUT2D eigenvalue weighted by Gasteiger charge is -2.32. The molecule has 2 fully saturated rings. The highest BCUT2D eigenvalue weighted by atomic mass is 16.6. The Bertz CT molecular complexity index is 1140. The Balaban J connectivity index is 1.24. The summed E-state index contributed by atoms with van der Waals surface area (Å²) in [5.41, 5.74) is 1.97. The van der Waals surface area contributed by atoms with Gasteiger partial charge in [-0.1, -0.05) is 48.5 Å². The van der Waals surface area contributed by atoms with Crippen LogP contribution in [0, 0.1) is 0 Å². The molecule has 0 aromatic heterocycles. The molecule has 0 spiro atoms. The van der Waals surface area contributed by atoms with Crippen LogP contribution in [-0.4, -0.2) is 43.9 Å². The predicted molar refractivity (Wildman–Crippen MR) is 130 cm³/mol. The fourth-order valence-corrected chi connectivity index (χ4v) is 4.84. The van der Waals surface area contributed by atoms with Crippen molar-refractivity contribution in [1.82, 2.24) is 4.90 Å². The maximum absolute atomic E-state index is 12.9. The van der Waals surface area contributed by atoms with E-state index in [-0.39, 0.29) is 24.9 Å². The van der Waals surface area contributed by atoms with Crippen LogP contribution in [0.2, 0.25) is 0 Å². The standard InChI is InChI=1S/C28H31NO5/c1-31-25-14-13-21(17-26(25)34-23-10-3-4-11-23)27-18-29(15-16-32-27)28(30)33-19-22-9-6-8-20-7-2-5-12-24(20)22/h2,5-9,12-14,17,23,27H,3-4,10-11,15-16,18-19H2,1H3. The Morgan fingerprint density at radius 2 is 1.85 bits per heavy atom. The second kappa shape index (κ2) is 10.3. The van der Waals surface area contributed by atoms with E-state index < -0.39 is 0 Å². The normalized spacial score (nSPS) is 18.7. The first-order valence-electron chi connectivity index (χ1n) is 12.1. The zero-order valence-corrected chi connectivity index (χ0v) is 19.6. The van der Waals surface area contributed by atoms with Crippen LogP contribution in [0.4, 0.5) is 4.79 Å². The van der Waals surface area contributed by atoms with Gasteiger partial charge in [-0.25, -0.2) is 4.79 Å². The number of rotatable bonds is 6. The summed E-state index contributed by atoms with van der Waals surface area (Å²) >= 11 is 0. The molecule has 1 unspecified atom stereocenters. The number of morpholine rings is 1. The molecule has 6 heteroatoms. The smallest absolute Gasteiger partial charge is 0.410 e. The van der Waals surface area contributed by atoms with Crippen molar-refractivity contribution in [2.24, 2.45) is 0 Å². The van der Waals surface area contributed by atoms with Gasteiger partial charge in [0.15, 0.2) is 11.5 Å². The molecular weight excluding hydrogens is 430 g/mol. The summed E-state index contributed by atoms with van der Waals surface area (Å²) in [6.07, 6.45) is 4.22. The summed E-state index contributed by atoms with van der Waals surface area (Å²) in [6.45, 7) is 1.64. The largest absolute Gasteiger partial charge is 0.493 e. The third-order valence-electron chi connectivity index (χ3n) is 6.71. The van der Waals surface area contributed by atoms with Crippen LogP contribution in [0.25, 0.3) is 10.8 Å². The highest BCUT2D eigenvalue weighted by Crippen LogP contribution is 2.35. The fraction of sp³-hybridized carbons (Fsp3) is 0.393. The number of methoxy groups -OCH3 is 1. The quantitative estimate of drug-likeness (QED) is 0.459. The Hall–Kier alpha value is -3.25. The van der Waals surface area contributed by atoms with Gasteiger partial charge in [-0.2, -0.15) is 0 Å². The van der Waals surface area contributed by atoms with Crippen molar-refractivity contribution in [2.45, 2.75) is 44.5 Å². The van der Waals surface area contributed by atoms with Gasteiger partial charge in [-0.05, 0) is 59.7 Å². The van der Waals surface area contributed by atoms with E-state index in [9.17, 15) is 4.79 Å². The van der Waals surface area contributed by atoms with E-state index in [2.05, 4.69) is 18.2 Å². The molecule has 0 radical (unpaired) electrons. The molecule has 1 aliphatic carbocycles. The lowest BCUT2D eigenvalue weighted by atomic mass is 10.1. The first-order valence-corrected chi connectivity index (χ1v) is 12.1. The molecule has 6 nitrogen and oxygen atoms in total. The highest BCUT2D eigenvalue weighted by Gasteiger charge is 2.28. The van der Waals surface area contributed by atoms with Crippen LogP contribution in [0.5, 0.6) is 11.5 Å². The van der Waals surface area contributed by atoms with E-state index in [0.29, 0.717) is 19.7 Å². The average Bonchev–Trinajstić information content (AvgIpc) is 3.40. The van der Waals surface area contributed by atoms with Crippen LogP contribution in [0.15, 0.2) is 60.7 Å². The molecule has 2 aliphatic rings. The monoisotopic (exact) mass is 461 g/mol. The Kier molecular flexibility index (Phi) is 6.86. The van der Waals surface area contributed by atoms with Gasteiger partial charge in [0, 0.05) is 6.54 Å². The van der Waals surface area contributed by atoms with E-state index >= 15 is 0 Å². The number of nitrogens with zero attached hydrogens (tertiary/aromatic N) is 1. The van der Waals surface area contributed by atoms with Crippen LogP contribution >= 0.6 is 0 Å². The van der Waals surface area contributed by atoms with Crippen molar-refractivity contribution in [3.05, 3.63) is 71.8 Å². The molecule has 3 aromatic rings. The minimum Gasteiger partial charge on any atom is -0.493 e. The van der Waals surface area contributed by atoms with Crippen molar-refractivity contribution in [2.75, 3.05) is 26.8 Å². The second-order valence-corrected chi connectivity index (χ2v) is 8.93. The summed E-state index contributed by atoms with van der Waals surface area (Å²) in [4.78, 5) is 14.6. The van der Waals surface area contributed by atoms with Crippen molar-refractivity contribution < 1.29 is 23.7 Å². The summed E-state index contributed by atoms with van der Waals surface area (Å²) in [6, 6.07) is 20.1. The number of fused-ring (bicyclic) bond motifs is 1. The summed E-state index contributed by atoms with van der Waals surface area (Å²) in [5.74, 6) is 1.46. The fourth-order valence-electron chi connectivity index (χ4n) is 4.84. The molecule has 34 heavy (non-hydrogen) atoms. The number of benzene rings is 3. The summed E-state index contributed by atoms with van der Waals surface area (Å²) in [5, 5.41) is 2.24. The molecule has 0 bridgehead atoms. The van der Waals surface area contributed by atoms with Gasteiger partial charge in [0.05, 0.1) is 26.4 Å². The minimum atomic E-state index is -0.322. The molecule has 1 saturated heterocycles. The number of ether oxygens (including phenoxy) is 4. The minimum absolute atomic E-state index is 0.233. The lowest BCUT2D eigenvalue weighted by molar-refractivity contribution is -0.0296. The Morgan fingerprint density at radius 1 is 1.03 bits per heavy atom. The van der Waals surface area contributed by atoms with Gasteiger partial charge in [0.2, 0.25) is 0 Å². The second-order valence-electron chi connectivity index (χ2n) is 8.93. The molecule has 178 valence electrons. The van der Waals surface area contributed by atoms with Crippen molar-refractivity contribution >= 4 is 16.9 Å². The molecule has 1 atom stereocenters. The number of carbonyl (C=O) groups is 1. The molecule has 0 N–H and O–H groups in total.